The van der Waals surface area contributed by atoms with Crippen molar-refractivity contribution in [2.24, 2.45) is 0 Å². The molecule has 1 amide bonds. The summed E-state index contributed by atoms with van der Waals surface area (Å²) < 4.78 is 23.5. The topological polar surface area (TPSA) is 54.5 Å². The highest BCUT2D eigenvalue weighted by Gasteiger charge is 2.17. The van der Waals surface area contributed by atoms with Gasteiger partial charge in [0.15, 0.2) is 9.84 Å². The molecular formula is C17H19NO3S. The van der Waals surface area contributed by atoms with Gasteiger partial charge in [0.1, 0.15) is 0 Å². The Labute approximate surface area is 131 Å². The van der Waals surface area contributed by atoms with E-state index in [4.69, 9.17) is 0 Å². The van der Waals surface area contributed by atoms with Crippen molar-refractivity contribution < 1.29 is 13.2 Å². The van der Waals surface area contributed by atoms with Crippen LogP contribution in [0, 0.1) is 0 Å². The molecule has 0 aromatic heterocycles. The first kappa shape index (κ1) is 16.2. The highest BCUT2D eigenvalue weighted by molar-refractivity contribution is 7.90. The lowest BCUT2D eigenvalue weighted by atomic mass is 10.1. The van der Waals surface area contributed by atoms with E-state index in [1.807, 2.05) is 30.3 Å². The molecule has 0 bridgehead atoms. The number of rotatable bonds is 5. The quantitative estimate of drug-likeness (QED) is 0.850. The van der Waals surface area contributed by atoms with Crippen LogP contribution in [0.2, 0.25) is 0 Å². The molecule has 0 saturated heterocycles. The van der Waals surface area contributed by atoms with Crippen LogP contribution in [-0.4, -0.2) is 32.5 Å². The average Bonchev–Trinajstić information content (AvgIpc) is 2.47. The first-order valence-corrected chi connectivity index (χ1v) is 8.83. The zero-order valence-corrected chi connectivity index (χ0v) is 13.5. The summed E-state index contributed by atoms with van der Waals surface area (Å²) in [6, 6.07) is 16.3. The second kappa shape index (κ2) is 6.75. The summed E-state index contributed by atoms with van der Waals surface area (Å²) in [6.45, 7) is 0.501. The van der Waals surface area contributed by atoms with E-state index >= 15 is 0 Å². The molecule has 0 radical (unpaired) electrons. The SMILES string of the molecule is CN(Cc1ccccc1)C(=O)Cc1ccccc1S(C)(=O)=O. The third kappa shape index (κ3) is 4.18. The molecule has 0 unspecified atom stereocenters. The van der Waals surface area contributed by atoms with Gasteiger partial charge in [-0.3, -0.25) is 4.79 Å². The zero-order chi connectivity index (χ0) is 16.2. The van der Waals surface area contributed by atoms with Crippen LogP contribution in [0.3, 0.4) is 0 Å². The molecule has 2 aromatic carbocycles. The van der Waals surface area contributed by atoms with Gasteiger partial charge in [0, 0.05) is 19.8 Å². The van der Waals surface area contributed by atoms with E-state index in [-0.39, 0.29) is 17.2 Å². The molecule has 116 valence electrons. The molecule has 0 aliphatic rings. The van der Waals surface area contributed by atoms with Crippen molar-refractivity contribution in [3.8, 4) is 0 Å². The molecule has 0 fully saturated rings. The van der Waals surface area contributed by atoms with Crippen LogP contribution in [0.1, 0.15) is 11.1 Å². The highest BCUT2D eigenvalue weighted by atomic mass is 32.2. The highest BCUT2D eigenvalue weighted by Crippen LogP contribution is 2.17. The minimum atomic E-state index is -3.33. The molecule has 0 aliphatic carbocycles. The Bertz CT molecular complexity index is 754. The summed E-state index contributed by atoms with van der Waals surface area (Å²) in [5, 5.41) is 0. The number of nitrogens with zero attached hydrogens (tertiary/aromatic N) is 1. The number of hydrogen-bond donors (Lipinski definition) is 0. The first-order chi connectivity index (χ1) is 10.4. The molecule has 4 nitrogen and oxygen atoms in total. The van der Waals surface area contributed by atoms with Gasteiger partial charge in [0.25, 0.3) is 0 Å². The Kier molecular flexibility index (Phi) is 4.98. The Balaban J connectivity index is 2.13. The Morgan fingerprint density at radius 2 is 1.59 bits per heavy atom. The van der Waals surface area contributed by atoms with Gasteiger partial charge in [-0.1, -0.05) is 48.5 Å². The second-order valence-electron chi connectivity index (χ2n) is 5.29. The lowest BCUT2D eigenvalue weighted by Crippen LogP contribution is -2.28. The maximum Gasteiger partial charge on any atom is 0.227 e. The third-order valence-electron chi connectivity index (χ3n) is 3.40. The van der Waals surface area contributed by atoms with Crippen molar-refractivity contribution in [2.75, 3.05) is 13.3 Å². The van der Waals surface area contributed by atoms with E-state index in [9.17, 15) is 13.2 Å². The molecule has 0 atom stereocenters. The van der Waals surface area contributed by atoms with Gasteiger partial charge in [-0.2, -0.15) is 0 Å². The second-order valence-corrected chi connectivity index (χ2v) is 7.28. The predicted molar refractivity (Wildman–Crippen MR) is 86.2 cm³/mol. The van der Waals surface area contributed by atoms with E-state index in [0.29, 0.717) is 12.1 Å². The summed E-state index contributed by atoms with van der Waals surface area (Å²) in [5.74, 6) is -0.111. The van der Waals surface area contributed by atoms with Crippen molar-refractivity contribution in [3.05, 3.63) is 65.7 Å². The molecule has 22 heavy (non-hydrogen) atoms. The first-order valence-electron chi connectivity index (χ1n) is 6.94. The fourth-order valence-electron chi connectivity index (χ4n) is 2.25. The Morgan fingerprint density at radius 3 is 2.23 bits per heavy atom. The monoisotopic (exact) mass is 317 g/mol. The van der Waals surface area contributed by atoms with Gasteiger partial charge >= 0.3 is 0 Å². The normalized spacial score (nSPS) is 11.2. The van der Waals surface area contributed by atoms with Crippen LogP contribution in [0.5, 0.6) is 0 Å². The molecule has 0 N–H and O–H groups in total. The van der Waals surface area contributed by atoms with Gasteiger partial charge in [0.2, 0.25) is 5.91 Å². The smallest absolute Gasteiger partial charge is 0.227 e. The maximum atomic E-state index is 12.3. The molecule has 2 rings (SSSR count). The zero-order valence-electron chi connectivity index (χ0n) is 12.7. The molecule has 0 saturated carbocycles. The molecule has 5 heteroatoms. The number of carbonyl (C=O) groups excluding carboxylic acids is 1. The number of amides is 1. The van der Waals surface area contributed by atoms with Gasteiger partial charge in [-0.25, -0.2) is 8.42 Å². The molecular weight excluding hydrogens is 298 g/mol. The number of likely N-dealkylation sites (N-methyl/N-ethyl adjacent to an activating group) is 1. The maximum absolute atomic E-state index is 12.3. The van der Waals surface area contributed by atoms with E-state index in [2.05, 4.69) is 0 Å². The van der Waals surface area contributed by atoms with E-state index in [1.54, 1.807) is 30.1 Å². The minimum Gasteiger partial charge on any atom is -0.341 e. The van der Waals surface area contributed by atoms with Crippen LogP contribution >= 0.6 is 0 Å². The van der Waals surface area contributed by atoms with Gasteiger partial charge in [-0.15, -0.1) is 0 Å². The summed E-state index contributed by atoms with van der Waals surface area (Å²) in [7, 11) is -1.61. The number of carbonyl (C=O) groups is 1. The molecule has 0 aliphatic heterocycles. The van der Waals surface area contributed by atoms with E-state index in [0.717, 1.165) is 11.8 Å². The number of sulfone groups is 1. The van der Waals surface area contributed by atoms with Gasteiger partial charge in [-0.05, 0) is 17.2 Å². The van der Waals surface area contributed by atoms with E-state index < -0.39 is 9.84 Å². The number of benzene rings is 2. The third-order valence-corrected chi connectivity index (χ3v) is 4.60. The molecule has 0 spiro atoms. The van der Waals surface area contributed by atoms with Crippen molar-refractivity contribution in [2.45, 2.75) is 17.9 Å². The van der Waals surface area contributed by atoms with Crippen LogP contribution < -0.4 is 0 Å². The largest absolute Gasteiger partial charge is 0.341 e. The van der Waals surface area contributed by atoms with Crippen LogP contribution in [0.25, 0.3) is 0 Å². The van der Waals surface area contributed by atoms with Crippen molar-refractivity contribution in [3.63, 3.8) is 0 Å². The minimum absolute atomic E-state index is 0.0760. The van der Waals surface area contributed by atoms with Gasteiger partial charge < -0.3 is 4.90 Å². The summed E-state index contributed by atoms with van der Waals surface area (Å²) >= 11 is 0. The van der Waals surface area contributed by atoms with Crippen LogP contribution in [-0.2, 0) is 27.6 Å². The lowest BCUT2D eigenvalue weighted by molar-refractivity contribution is -0.129. The number of hydrogen-bond acceptors (Lipinski definition) is 3. The van der Waals surface area contributed by atoms with Crippen molar-refractivity contribution in [1.29, 1.82) is 0 Å². The van der Waals surface area contributed by atoms with E-state index in [1.165, 1.54) is 6.07 Å². The lowest BCUT2D eigenvalue weighted by Gasteiger charge is -2.18. The summed E-state index contributed by atoms with van der Waals surface area (Å²) in [4.78, 5) is 14.2. The summed E-state index contributed by atoms with van der Waals surface area (Å²) in [6.07, 6.45) is 1.23. The fraction of sp³-hybridized carbons (Fsp3) is 0.235. The average molecular weight is 317 g/mol. The van der Waals surface area contributed by atoms with Crippen LogP contribution in [0.15, 0.2) is 59.5 Å². The fourth-order valence-corrected chi connectivity index (χ4v) is 3.20. The van der Waals surface area contributed by atoms with Crippen LogP contribution in [0.4, 0.5) is 0 Å². The Hall–Kier alpha value is -2.14. The van der Waals surface area contributed by atoms with Crippen molar-refractivity contribution in [1.82, 2.24) is 4.90 Å². The summed E-state index contributed by atoms with van der Waals surface area (Å²) in [5.41, 5.74) is 1.57. The Morgan fingerprint density at radius 1 is 1.00 bits per heavy atom. The predicted octanol–water partition coefficient (Wildman–Crippen LogP) is 2.29. The van der Waals surface area contributed by atoms with Crippen molar-refractivity contribution >= 4 is 15.7 Å². The standard InChI is InChI=1S/C17H19NO3S/c1-18(13-14-8-4-3-5-9-14)17(19)12-15-10-6-7-11-16(15)22(2,20)21/h3-11H,12-13H2,1-2H3. The molecule has 2 aromatic rings. The van der Waals surface area contributed by atoms with Gasteiger partial charge in [0.05, 0.1) is 11.3 Å². The molecule has 0 heterocycles.